The average Bonchev–Trinajstić information content (AvgIpc) is 2.51. The first kappa shape index (κ1) is 18.5. The molecule has 1 aromatic rings. The Balaban J connectivity index is 2.80. The summed E-state index contributed by atoms with van der Waals surface area (Å²) in [5.41, 5.74) is 3.02. The van der Waals surface area contributed by atoms with E-state index < -0.39 is 6.10 Å². The van der Waals surface area contributed by atoms with Crippen molar-refractivity contribution in [3.63, 3.8) is 0 Å². The number of hydrogen-bond acceptors (Lipinski definition) is 3. The summed E-state index contributed by atoms with van der Waals surface area (Å²) < 4.78 is 0. The minimum Gasteiger partial charge on any atom is -0.508 e. The van der Waals surface area contributed by atoms with Gasteiger partial charge in [0, 0.05) is 11.9 Å². The number of rotatable bonds is 7. The van der Waals surface area contributed by atoms with Gasteiger partial charge >= 0.3 is 0 Å². The second kappa shape index (κ2) is 10.2. The van der Waals surface area contributed by atoms with Gasteiger partial charge in [-0.05, 0) is 56.2 Å². The van der Waals surface area contributed by atoms with E-state index in [0.717, 1.165) is 16.8 Å². The third-order valence-electron chi connectivity index (χ3n) is 2.98. The Hall–Kier alpha value is -2.52. The van der Waals surface area contributed by atoms with Crippen LogP contribution < -0.4 is 5.32 Å². The van der Waals surface area contributed by atoms with Crippen molar-refractivity contribution in [1.82, 2.24) is 5.32 Å². The van der Waals surface area contributed by atoms with E-state index in [1.807, 2.05) is 68.6 Å². The summed E-state index contributed by atoms with van der Waals surface area (Å²) in [7, 11) is 0. The molecule has 0 aromatic heterocycles. The molecule has 23 heavy (non-hydrogen) atoms. The van der Waals surface area contributed by atoms with Crippen LogP contribution in [0.4, 0.5) is 0 Å². The second-order valence-electron chi connectivity index (χ2n) is 5.15. The lowest BCUT2D eigenvalue weighted by Crippen LogP contribution is -2.00. The third-order valence-corrected chi connectivity index (χ3v) is 2.98. The van der Waals surface area contributed by atoms with Gasteiger partial charge in [0.15, 0.2) is 0 Å². The molecule has 0 saturated carbocycles. The van der Waals surface area contributed by atoms with Crippen molar-refractivity contribution in [2.24, 2.45) is 0 Å². The number of aliphatic hydroxyl groups is 1. The Bertz CT molecular complexity index is 618. The quantitative estimate of drug-likeness (QED) is 0.658. The fourth-order valence-electron chi connectivity index (χ4n) is 1.77. The Morgan fingerprint density at radius 3 is 2.43 bits per heavy atom. The summed E-state index contributed by atoms with van der Waals surface area (Å²) in [6.07, 6.45) is 14.8. The van der Waals surface area contributed by atoms with Crippen LogP contribution in [0.3, 0.4) is 0 Å². The molecule has 0 aliphatic carbocycles. The molecular formula is C20H25NO2. The van der Waals surface area contributed by atoms with Gasteiger partial charge in [0.1, 0.15) is 5.75 Å². The molecule has 1 aromatic carbocycles. The second-order valence-corrected chi connectivity index (χ2v) is 5.15. The molecule has 0 bridgehead atoms. The maximum absolute atomic E-state index is 9.39. The Kier molecular flexibility index (Phi) is 8.25. The molecule has 3 N–H and O–H groups in total. The van der Waals surface area contributed by atoms with Gasteiger partial charge in [-0.15, -0.1) is 0 Å². The minimum absolute atomic E-state index is 0.255. The van der Waals surface area contributed by atoms with Crippen molar-refractivity contribution < 1.29 is 10.2 Å². The van der Waals surface area contributed by atoms with Crippen LogP contribution in [0.5, 0.6) is 5.75 Å². The molecule has 1 rings (SSSR count). The van der Waals surface area contributed by atoms with E-state index in [9.17, 15) is 5.11 Å². The van der Waals surface area contributed by atoms with Gasteiger partial charge in [0.05, 0.1) is 6.10 Å². The summed E-state index contributed by atoms with van der Waals surface area (Å²) >= 11 is 0. The molecule has 0 fully saturated rings. The van der Waals surface area contributed by atoms with Crippen LogP contribution in [0.2, 0.25) is 0 Å². The lowest BCUT2D eigenvalue weighted by atomic mass is 10.1. The molecule has 0 aliphatic rings. The van der Waals surface area contributed by atoms with Crippen molar-refractivity contribution in [2.45, 2.75) is 26.9 Å². The van der Waals surface area contributed by atoms with Crippen LogP contribution in [0.15, 0.2) is 78.7 Å². The van der Waals surface area contributed by atoms with Crippen molar-refractivity contribution >= 4 is 5.57 Å². The average molecular weight is 311 g/mol. The van der Waals surface area contributed by atoms with E-state index in [4.69, 9.17) is 5.11 Å². The van der Waals surface area contributed by atoms with Crippen molar-refractivity contribution in [2.75, 3.05) is 0 Å². The van der Waals surface area contributed by atoms with E-state index in [-0.39, 0.29) is 5.75 Å². The molecule has 3 heteroatoms. The lowest BCUT2D eigenvalue weighted by Gasteiger charge is -2.04. The first-order valence-corrected chi connectivity index (χ1v) is 7.61. The van der Waals surface area contributed by atoms with E-state index in [2.05, 4.69) is 5.32 Å². The number of benzene rings is 1. The molecule has 3 nitrogen and oxygen atoms in total. The number of nitrogens with one attached hydrogen (secondary N) is 1. The molecule has 1 unspecified atom stereocenters. The summed E-state index contributed by atoms with van der Waals surface area (Å²) in [5.74, 6) is 0.255. The predicted molar refractivity (Wildman–Crippen MR) is 97.8 cm³/mol. The van der Waals surface area contributed by atoms with Crippen LogP contribution in [-0.4, -0.2) is 16.3 Å². The number of hydrogen-bond donors (Lipinski definition) is 3. The molecule has 0 saturated heterocycles. The normalized spacial score (nSPS) is 15.0. The largest absolute Gasteiger partial charge is 0.508 e. The highest BCUT2D eigenvalue weighted by Crippen LogP contribution is 2.19. The van der Waals surface area contributed by atoms with Gasteiger partial charge in [0.25, 0.3) is 0 Å². The monoisotopic (exact) mass is 311 g/mol. The zero-order valence-corrected chi connectivity index (χ0v) is 13.9. The molecule has 0 aliphatic heterocycles. The molecule has 122 valence electrons. The SMILES string of the molecule is C/C=C/C=C(\C=C/N/C(C)=C/C=C\C(C)O)c1ccc(O)cc1. The first-order chi connectivity index (χ1) is 11.0. The zero-order chi connectivity index (χ0) is 17.1. The smallest absolute Gasteiger partial charge is 0.115 e. The summed E-state index contributed by atoms with van der Waals surface area (Å²) in [5, 5.41) is 21.7. The number of phenols is 1. The standard InChI is InChI=1S/C20H25NO2/c1-4-5-9-18(19-10-12-20(23)13-11-19)14-15-21-16(2)7-6-8-17(3)22/h4-15,17,21-23H,1-3H3/b5-4+,8-6-,15-14-,16-7+,18-9+. The number of phenolic OH excluding ortho intramolecular Hbond substituents is 1. The summed E-state index contributed by atoms with van der Waals surface area (Å²) in [6, 6.07) is 7.10. The van der Waals surface area contributed by atoms with E-state index >= 15 is 0 Å². The summed E-state index contributed by atoms with van der Waals surface area (Å²) in [6.45, 7) is 5.63. The highest BCUT2D eigenvalue weighted by Gasteiger charge is 1.97. The fraction of sp³-hybridized carbons (Fsp3) is 0.200. The van der Waals surface area contributed by atoms with Gasteiger partial charge in [-0.1, -0.05) is 42.5 Å². The summed E-state index contributed by atoms with van der Waals surface area (Å²) in [4.78, 5) is 0. The predicted octanol–water partition coefficient (Wildman–Crippen LogP) is 4.30. The van der Waals surface area contributed by atoms with Gasteiger partial charge in [-0.25, -0.2) is 0 Å². The lowest BCUT2D eigenvalue weighted by molar-refractivity contribution is 0.244. The molecule has 0 amide bonds. The van der Waals surface area contributed by atoms with Gasteiger partial charge in [-0.2, -0.15) is 0 Å². The topological polar surface area (TPSA) is 52.5 Å². The Labute approximate surface area is 138 Å². The zero-order valence-electron chi connectivity index (χ0n) is 13.9. The van der Waals surface area contributed by atoms with Crippen LogP contribution in [0.25, 0.3) is 5.57 Å². The van der Waals surface area contributed by atoms with Crippen LogP contribution >= 0.6 is 0 Å². The highest BCUT2D eigenvalue weighted by molar-refractivity contribution is 5.75. The number of allylic oxidation sites excluding steroid dienone is 8. The van der Waals surface area contributed by atoms with Gasteiger partial charge in [-0.3, -0.25) is 0 Å². The van der Waals surface area contributed by atoms with Crippen LogP contribution in [-0.2, 0) is 0 Å². The first-order valence-electron chi connectivity index (χ1n) is 7.61. The van der Waals surface area contributed by atoms with E-state index in [0.29, 0.717) is 0 Å². The fourth-order valence-corrected chi connectivity index (χ4v) is 1.77. The number of aliphatic hydroxyl groups excluding tert-OH is 1. The Morgan fingerprint density at radius 2 is 1.83 bits per heavy atom. The van der Waals surface area contributed by atoms with Crippen LogP contribution in [0, 0.1) is 0 Å². The molecular weight excluding hydrogens is 286 g/mol. The van der Waals surface area contributed by atoms with Crippen LogP contribution in [0.1, 0.15) is 26.3 Å². The number of aromatic hydroxyl groups is 1. The van der Waals surface area contributed by atoms with Crippen molar-refractivity contribution in [3.05, 3.63) is 84.3 Å². The van der Waals surface area contributed by atoms with E-state index in [1.54, 1.807) is 25.1 Å². The maximum atomic E-state index is 9.39. The molecule has 0 radical (unpaired) electrons. The highest BCUT2D eigenvalue weighted by atomic mass is 16.3. The molecule has 0 heterocycles. The molecule has 1 atom stereocenters. The van der Waals surface area contributed by atoms with Crippen molar-refractivity contribution in [1.29, 1.82) is 0 Å². The van der Waals surface area contributed by atoms with Crippen molar-refractivity contribution in [3.8, 4) is 5.75 Å². The van der Waals surface area contributed by atoms with E-state index in [1.165, 1.54) is 0 Å². The Morgan fingerprint density at radius 1 is 1.13 bits per heavy atom. The maximum Gasteiger partial charge on any atom is 0.115 e. The minimum atomic E-state index is -0.445. The van der Waals surface area contributed by atoms with Gasteiger partial charge < -0.3 is 15.5 Å². The molecule has 0 spiro atoms. The third kappa shape index (κ3) is 7.88. The van der Waals surface area contributed by atoms with Gasteiger partial charge in [0.2, 0.25) is 0 Å².